The zero-order valence-electron chi connectivity index (χ0n) is 23.1. The van der Waals surface area contributed by atoms with Gasteiger partial charge in [-0.25, -0.2) is 4.98 Å². The first kappa shape index (κ1) is 28.0. The van der Waals surface area contributed by atoms with E-state index < -0.39 is 6.29 Å². The zero-order chi connectivity index (χ0) is 29.1. The maximum atomic E-state index is 12.9. The second-order valence-electron chi connectivity index (χ2n) is 10.2. The molecule has 4 atom stereocenters. The van der Waals surface area contributed by atoms with Crippen LogP contribution in [0.4, 0.5) is 5.69 Å². The van der Waals surface area contributed by atoms with Crippen LogP contribution < -0.4 is 5.32 Å². The molecule has 3 aromatic carbocycles. The number of hydrogen-bond donors (Lipinski definition) is 2. The van der Waals surface area contributed by atoms with Gasteiger partial charge in [0.2, 0.25) is 0 Å². The number of amides is 1. The molecule has 0 radical (unpaired) electrons. The van der Waals surface area contributed by atoms with E-state index in [1.807, 2.05) is 84.4 Å². The summed E-state index contributed by atoms with van der Waals surface area (Å²) in [4.78, 5) is 21.6. The minimum Gasteiger partial charge on any atom is -0.392 e. The number of carbonyl (C=O) groups is 1. The average Bonchev–Trinajstić information content (AvgIpc) is 3.45. The van der Waals surface area contributed by atoms with Gasteiger partial charge in [0, 0.05) is 30.0 Å². The molecule has 3 heterocycles. The van der Waals surface area contributed by atoms with E-state index in [0.717, 1.165) is 27.4 Å². The van der Waals surface area contributed by atoms with Gasteiger partial charge in [-0.2, -0.15) is 0 Å². The average molecular weight is 583 g/mol. The molecule has 1 saturated heterocycles. The van der Waals surface area contributed by atoms with Crippen molar-refractivity contribution in [2.75, 3.05) is 11.1 Å². The second-order valence-corrected chi connectivity index (χ2v) is 11.2. The number of rotatable bonds is 8. The Balaban J connectivity index is 1.19. The molecule has 1 fully saturated rings. The minimum absolute atomic E-state index is 0.0135. The summed E-state index contributed by atoms with van der Waals surface area (Å²) in [6, 6.07) is 22.7. The third-order valence-electron chi connectivity index (χ3n) is 7.29. The Bertz CT molecular complexity index is 1680. The molecule has 1 aliphatic heterocycles. The van der Waals surface area contributed by atoms with Crippen LogP contribution in [-0.2, 0) is 23.1 Å². The summed E-state index contributed by atoms with van der Waals surface area (Å²) in [7, 11) is 1.91. The van der Waals surface area contributed by atoms with Crippen LogP contribution in [0, 0.1) is 5.92 Å². The lowest BCUT2D eigenvalue weighted by atomic mass is 9.91. The topological polar surface area (TPSA) is 124 Å². The molecule has 214 valence electrons. The molecular weight excluding hydrogens is 552 g/mol. The molecule has 42 heavy (non-hydrogen) atoms. The molecule has 1 aliphatic rings. The molecule has 0 spiro atoms. The van der Waals surface area contributed by atoms with Gasteiger partial charge >= 0.3 is 0 Å². The smallest absolute Gasteiger partial charge is 0.275 e. The summed E-state index contributed by atoms with van der Waals surface area (Å²) < 4.78 is 14.9. The van der Waals surface area contributed by atoms with Crippen molar-refractivity contribution >= 4 is 34.4 Å². The van der Waals surface area contributed by atoms with Gasteiger partial charge in [0.25, 0.3) is 5.91 Å². The van der Waals surface area contributed by atoms with Crippen molar-refractivity contribution in [3.8, 4) is 0 Å². The highest BCUT2D eigenvalue weighted by molar-refractivity contribution is 7.99. The van der Waals surface area contributed by atoms with Gasteiger partial charge in [-0.15, -0.1) is 10.2 Å². The van der Waals surface area contributed by atoms with Crippen molar-refractivity contribution in [2.24, 2.45) is 13.0 Å². The van der Waals surface area contributed by atoms with Crippen LogP contribution in [0.25, 0.3) is 11.0 Å². The molecule has 0 saturated carbocycles. The molecule has 5 aromatic rings. The Morgan fingerprint density at radius 2 is 1.74 bits per heavy atom. The van der Waals surface area contributed by atoms with E-state index in [1.54, 1.807) is 18.1 Å². The van der Waals surface area contributed by atoms with Gasteiger partial charge in [-0.05, 0) is 35.4 Å². The van der Waals surface area contributed by atoms with Gasteiger partial charge in [0.1, 0.15) is 12.0 Å². The number of aryl methyl sites for hydroxylation is 1. The van der Waals surface area contributed by atoms with Gasteiger partial charge < -0.3 is 24.5 Å². The lowest BCUT2D eigenvalue weighted by Gasteiger charge is -2.41. The molecule has 11 heteroatoms. The number of benzene rings is 3. The third kappa shape index (κ3) is 6.04. The lowest BCUT2D eigenvalue weighted by Crippen LogP contribution is -2.38. The maximum Gasteiger partial charge on any atom is 0.275 e. The molecule has 6 rings (SSSR count). The molecule has 4 unspecified atom stereocenters. The lowest BCUT2D eigenvalue weighted by molar-refractivity contribution is -0.268. The molecule has 1 amide bonds. The predicted molar refractivity (Wildman–Crippen MR) is 159 cm³/mol. The van der Waals surface area contributed by atoms with E-state index in [2.05, 4.69) is 32.4 Å². The number of hydrogen-bond acceptors (Lipinski definition) is 9. The van der Waals surface area contributed by atoms with Gasteiger partial charge in [0.05, 0.1) is 36.0 Å². The van der Waals surface area contributed by atoms with Gasteiger partial charge in [0.15, 0.2) is 11.4 Å². The number of aromatic nitrogens is 5. The van der Waals surface area contributed by atoms with Crippen molar-refractivity contribution in [3.05, 3.63) is 108 Å². The molecule has 0 bridgehead atoms. The summed E-state index contributed by atoms with van der Waals surface area (Å²) in [5.74, 6) is 0.371. The van der Waals surface area contributed by atoms with Crippen LogP contribution in [0.1, 0.15) is 46.5 Å². The SMILES string of the molecule is CC1C(CSc2nncn2C)OC(c2ccc(NC(=O)c3cnc4ccccc4n3)cc2)OC1c1ccc(CO)cc1. The highest BCUT2D eigenvalue weighted by Gasteiger charge is 2.38. The fourth-order valence-electron chi connectivity index (χ4n) is 4.86. The van der Waals surface area contributed by atoms with E-state index in [0.29, 0.717) is 17.0 Å². The Labute approximate surface area is 247 Å². The number of thioether (sulfide) groups is 1. The van der Waals surface area contributed by atoms with Crippen LogP contribution in [0.15, 0.2) is 90.5 Å². The fourth-order valence-corrected chi connectivity index (χ4v) is 5.91. The van der Waals surface area contributed by atoms with E-state index in [4.69, 9.17) is 9.47 Å². The first-order chi connectivity index (χ1) is 20.5. The summed E-state index contributed by atoms with van der Waals surface area (Å²) in [6.07, 6.45) is 2.16. The highest BCUT2D eigenvalue weighted by Crippen LogP contribution is 2.43. The quantitative estimate of drug-likeness (QED) is 0.241. The van der Waals surface area contributed by atoms with Crippen molar-refractivity contribution in [2.45, 2.75) is 37.2 Å². The van der Waals surface area contributed by atoms with Crippen LogP contribution >= 0.6 is 11.8 Å². The molecule has 0 aliphatic carbocycles. The van der Waals surface area contributed by atoms with Crippen molar-refractivity contribution < 1.29 is 19.4 Å². The Kier molecular flexibility index (Phi) is 8.24. The largest absolute Gasteiger partial charge is 0.392 e. The second kappa shape index (κ2) is 12.4. The maximum absolute atomic E-state index is 12.9. The van der Waals surface area contributed by atoms with E-state index in [1.165, 1.54) is 6.20 Å². The monoisotopic (exact) mass is 582 g/mol. The minimum atomic E-state index is -0.620. The standard InChI is InChI=1S/C31H30N6O4S/c1-19-27(17-42-31-36-33-18-37(31)2)40-30(41-28(19)21-9-7-20(16-38)8-10-21)22-11-13-23(14-12-22)34-29(39)26-15-32-24-5-3-4-6-25(24)35-26/h3-15,18-19,27-28,30,38H,16-17H2,1-2H3,(H,34,39). The number of aliphatic hydroxyl groups excluding tert-OH is 1. The first-order valence-electron chi connectivity index (χ1n) is 13.6. The zero-order valence-corrected chi connectivity index (χ0v) is 23.9. The molecule has 2 aromatic heterocycles. The number of fused-ring (bicyclic) bond motifs is 1. The number of aliphatic hydroxyl groups is 1. The van der Waals surface area contributed by atoms with Crippen LogP contribution in [0.3, 0.4) is 0 Å². The Morgan fingerprint density at radius 1 is 1.00 bits per heavy atom. The number of nitrogens with zero attached hydrogens (tertiary/aromatic N) is 5. The highest BCUT2D eigenvalue weighted by atomic mass is 32.2. The number of carbonyl (C=O) groups excluding carboxylic acids is 1. The normalized spacial score (nSPS) is 20.5. The van der Waals surface area contributed by atoms with E-state index >= 15 is 0 Å². The third-order valence-corrected chi connectivity index (χ3v) is 8.41. The van der Waals surface area contributed by atoms with Gasteiger partial charge in [-0.1, -0.05) is 67.2 Å². The number of ether oxygens (including phenoxy) is 2. The summed E-state index contributed by atoms with van der Waals surface area (Å²) in [5.41, 5.74) is 4.94. The predicted octanol–water partition coefficient (Wildman–Crippen LogP) is 5.09. The van der Waals surface area contributed by atoms with E-state index in [9.17, 15) is 9.90 Å². The Hall–Kier alpha value is -4.16. The molecular formula is C31H30N6O4S. The number of para-hydroxylation sites is 2. The van der Waals surface area contributed by atoms with Gasteiger partial charge in [-0.3, -0.25) is 9.78 Å². The van der Waals surface area contributed by atoms with Crippen molar-refractivity contribution in [1.29, 1.82) is 0 Å². The first-order valence-corrected chi connectivity index (χ1v) is 14.6. The van der Waals surface area contributed by atoms with Crippen LogP contribution in [0.2, 0.25) is 0 Å². The summed E-state index contributed by atoms with van der Waals surface area (Å²) in [6.45, 7) is 2.11. The number of anilines is 1. The molecule has 10 nitrogen and oxygen atoms in total. The van der Waals surface area contributed by atoms with Crippen molar-refractivity contribution in [3.63, 3.8) is 0 Å². The Morgan fingerprint density at radius 3 is 2.45 bits per heavy atom. The van der Waals surface area contributed by atoms with E-state index in [-0.39, 0.29) is 36.3 Å². The molecule has 2 N–H and O–H groups in total. The fraction of sp³-hybridized carbons (Fsp3) is 0.258. The van der Waals surface area contributed by atoms with Crippen LogP contribution in [-0.4, -0.2) is 47.6 Å². The summed E-state index contributed by atoms with van der Waals surface area (Å²) >= 11 is 1.59. The van der Waals surface area contributed by atoms with Crippen molar-refractivity contribution in [1.82, 2.24) is 24.7 Å². The summed E-state index contributed by atoms with van der Waals surface area (Å²) in [5, 5.41) is 21.4. The van der Waals surface area contributed by atoms with Crippen LogP contribution in [0.5, 0.6) is 0 Å². The number of nitrogens with one attached hydrogen (secondary N) is 1.